The average Bonchev–Trinajstić information content (AvgIpc) is 2.24. The number of carbonyl (C=O) groups is 1. The third-order valence-electron chi connectivity index (χ3n) is 2.72. The maximum atomic E-state index is 10.9. The monoisotopic (exact) mass is 255 g/mol. The Morgan fingerprint density at radius 2 is 2.18 bits per heavy atom. The Bertz CT molecular complexity index is 391. The van der Waals surface area contributed by atoms with E-state index < -0.39 is 11.4 Å². The molecule has 0 aliphatic heterocycles. The molecular weight excluding hydrogens is 238 g/mol. The molecule has 2 N–H and O–H groups in total. The molecule has 0 spiro atoms. The van der Waals surface area contributed by atoms with Crippen LogP contribution in [0.2, 0.25) is 5.02 Å². The number of hydrogen-bond donors (Lipinski definition) is 2. The highest BCUT2D eigenvalue weighted by Gasteiger charge is 2.25. The van der Waals surface area contributed by atoms with Crippen molar-refractivity contribution in [1.82, 2.24) is 5.32 Å². The largest absolute Gasteiger partial charge is 0.481 e. The van der Waals surface area contributed by atoms with Crippen molar-refractivity contribution in [2.45, 2.75) is 26.8 Å². The molecule has 1 aromatic carbocycles. The van der Waals surface area contributed by atoms with Gasteiger partial charge < -0.3 is 10.4 Å². The molecule has 0 aliphatic carbocycles. The van der Waals surface area contributed by atoms with Gasteiger partial charge in [-0.05, 0) is 44.5 Å². The number of nitrogens with one attached hydrogen (secondary N) is 1. The standard InChI is InChI=1S/C13H18ClNO2/c1-13(2,12(16)17)6-7-15-9-10-4-3-5-11(14)8-10/h3-5,8,15H,6-7,9H2,1-2H3,(H,16,17). The third kappa shape index (κ3) is 4.75. The van der Waals surface area contributed by atoms with E-state index in [2.05, 4.69) is 5.32 Å². The van der Waals surface area contributed by atoms with Crippen molar-refractivity contribution in [3.63, 3.8) is 0 Å². The molecule has 0 aliphatic rings. The second-order valence-corrected chi connectivity index (χ2v) is 5.18. The summed E-state index contributed by atoms with van der Waals surface area (Å²) in [6, 6.07) is 7.62. The molecule has 94 valence electrons. The molecule has 3 nitrogen and oxygen atoms in total. The number of rotatable bonds is 6. The van der Waals surface area contributed by atoms with E-state index in [0.717, 1.165) is 10.6 Å². The first-order valence-electron chi connectivity index (χ1n) is 5.60. The first-order chi connectivity index (χ1) is 7.92. The van der Waals surface area contributed by atoms with Crippen molar-refractivity contribution >= 4 is 17.6 Å². The molecule has 0 atom stereocenters. The molecule has 17 heavy (non-hydrogen) atoms. The molecule has 0 radical (unpaired) electrons. The van der Waals surface area contributed by atoms with Crippen LogP contribution in [0.5, 0.6) is 0 Å². The van der Waals surface area contributed by atoms with E-state index in [-0.39, 0.29) is 0 Å². The molecule has 0 fully saturated rings. The first-order valence-corrected chi connectivity index (χ1v) is 5.98. The highest BCUT2D eigenvalue weighted by atomic mass is 35.5. The second kappa shape index (κ2) is 6.03. The molecule has 0 amide bonds. The van der Waals surface area contributed by atoms with E-state index in [1.165, 1.54) is 0 Å². The lowest BCUT2D eigenvalue weighted by Gasteiger charge is -2.18. The van der Waals surface area contributed by atoms with Gasteiger partial charge in [-0.2, -0.15) is 0 Å². The fourth-order valence-electron chi connectivity index (χ4n) is 1.39. The molecule has 0 saturated carbocycles. The van der Waals surface area contributed by atoms with Crippen molar-refractivity contribution in [3.8, 4) is 0 Å². The fourth-order valence-corrected chi connectivity index (χ4v) is 1.60. The lowest BCUT2D eigenvalue weighted by Crippen LogP contribution is -2.28. The van der Waals surface area contributed by atoms with Gasteiger partial charge >= 0.3 is 5.97 Å². The lowest BCUT2D eigenvalue weighted by molar-refractivity contribution is -0.147. The van der Waals surface area contributed by atoms with Crippen molar-refractivity contribution in [1.29, 1.82) is 0 Å². The summed E-state index contributed by atoms with van der Waals surface area (Å²) in [7, 11) is 0. The first kappa shape index (κ1) is 14.0. The smallest absolute Gasteiger partial charge is 0.309 e. The molecule has 1 aromatic rings. The van der Waals surface area contributed by atoms with Crippen molar-refractivity contribution in [2.24, 2.45) is 5.41 Å². The zero-order valence-corrected chi connectivity index (χ0v) is 10.9. The number of carboxylic acid groups (broad SMARTS) is 1. The van der Waals surface area contributed by atoms with Gasteiger partial charge in [-0.25, -0.2) is 0 Å². The van der Waals surface area contributed by atoms with E-state index in [1.807, 2.05) is 24.3 Å². The van der Waals surface area contributed by atoms with Gasteiger partial charge in [0.25, 0.3) is 0 Å². The number of benzene rings is 1. The van der Waals surface area contributed by atoms with Crippen LogP contribution in [0.3, 0.4) is 0 Å². The van der Waals surface area contributed by atoms with Crippen LogP contribution in [-0.2, 0) is 11.3 Å². The van der Waals surface area contributed by atoms with Crippen molar-refractivity contribution in [2.75, 3.05) is 6.54 Å². The fraction of sp³-hybridized carbons (Fsp3) is 0.462. The maximum absolute atomic E-state index is 10.9. The summed E-state index contributed by atoms with van der Waals surface area (Å²) in [5, 5.41) is 12.9. The minimum atomic E-state index is -0.762. The van der Waals surface area contributed by atoms with Crippen LogP contribution < -0.4 is 5.32 Å². The van der Waals surface area contributed by atoms with Crippen LogP contribution in [0.4, 0.5) is 0 Å². The normalized spacial score (nSPS) is 11.5. The van der Waals surface area contributed by atoms with Crippen LogP contribution in [0.1, 0.15) is 25.8 Å². The van der Waals surface area contributed by atoms with Crippen LogP contribution in [-0.4, -0.2) is 17.6 Å². The van der Waals surface area contributed by atoms with Gasteiger partial charge in [0, 0.05) is 11.6 Å². The Morgan fingerprint density at radius 1 is 1.47 bits per heavy atom. The molecule has 0 aromatic heterocycles. The summed E-state index contributed by atoms with van der Waals surface area (Å²) < 4.78 is 0. The molecule has 1 rings (SSSR count). The number of hydrogen-bond acceptors (Lipinski definition) is 2. The highest BCUT2D eigenvalue weighted by molar-refractivity contribution is 6.30. The Labute approximate surface area is 107 Å². The van der Waals surface area contributed by atoms with Gasteiger partial charge in [0.1, 0.15) is 0 Å². The quantitative estimate of drug-likeness (QED) is 0.769. The van der Waals surface area contributed by atoms with E-state index in [0.29, 0.717) is 19.5 Å². The Kier molecular flexibility index (Phi) is 4.97. The summed E-state index contributed by atoms with van der Waals surface area (Å²) in [4.78, 5) is 10.9. The van der Waals surface area contributed by atoms with E-state index in [4.69, 9.17) is 16.7 Å². The predicted molar refractivity (Wildman–Crippen MR) is 69.2 cm³/mol. The number of carboxylic acids is 1. The van der Waals surface area contributed by atoms with E-state index in [9.17, 15) is 4.79 Å². The Morgan fingerprint density at radius 3 is 2.76 bits per heavy atom. The lowest BCUT2D eigenvalue weighted by atomic mass is 9.90. The minimum absolute atomic E-state index is 0.600. The van der Waals surface area contributed by atoms with Crippen molar-refractivity contribution < 1.29 is 9.90 Å². The van der Waals surface area contributed by atoms with Crippen LogP contribution in [0, 0.1) is 5.41 Å². The average molecular weight is 256 g/mol. The third-order valence-corrected chi connectivity index (χ3v) is 2.96. The molecular formula is C13H18ClNO2. The van der Waals surface area contributed by atoms with Gasteiger partial charge in [-0.3, -0.25) is 4.79 Å². The predicted octanol–water partition coefficient (Wildman–Crippen LogP) is 2.93. The van der Waals surface area contributed by atoms with Crippen LogP contribution >= 0.6 is 11.6 Å². The second-order valence-electron chi connectivity index (χ2n) is 4.75. The molecule has 0 heterocycles. The summed E-state index contributed by atoms with van der Waals surface area (Å²) >= 11 is 5.87. The summed E-state index contributed by atoms with van der Waals surface area (Å²) in [5.74, 6) is -0.762. The molecule has 0 bridgehead atoms. The Hall–Kier alpha value is -1.06. The molecule has 0 saturated heterocycles. The zero-order valence-electron chi connectivity index (χ0n) is 10.2. The zero-order chi connectivity index (χ0) is 12.9. The highest BCUT2D eigenvalue weighted by Crippen LogP contribution is 2.19. The van der Waals surface area contributed by atoms with Crippen LogP contribution in [0.15, 0.2) is 24.3 Å². The topological polar surface area (TPSA) is 49.3 Å². The SMILES string of the molecule is CC(C)(CCNCc1cccc(Cl)c1)C(=O)O. The van der Waals surface area contributed by atoms with E-state index >= 15 is 0 Å². The van der Waals surface area contributed by atoms with Crippen molar-refractivity contribution in [3.05, 3.63) is 34.9 Å². The molecule has 0 unspecified atom stereocenters. The number of halogens is 1. The van der Waals surface area contributed by atoms with Gasteiger partial charge in [0.15, 0.2) is 0 Å². The minimum Gasteiger partial charge on any atom is -0.481 e. The van der Waals surface area contributed by atoms with Gasteiger partial charge in [-0.1, -0.05) is 23.7 Å². The van der Waals surface area contributed by atoms with Gasteiger partial charge in [-0.15, -0.1) is 0 Å². The number of aliphatic carboxylic acids is 1. The summed E-state index contributed by atoms with van der Waals surface area (Å²) in [6.07, 6.45) is 0.600. The van der Waals surface area contributed by atoms with Gasteiger partial charge in [0.05, 0.1) is 5.41 Å². The summed E-state index contributed by atoms with van der Waals surface area (Å²) in [6.45, 7) is 4.84. The summed E-state index contributed by atoms with van der Waals surface area (Å²) in [5.41, 5.74) is 0.423. The molecule has 4 heteroatoms. The van der Waals surface area contributed by atoms with Crippen LogP contribution in [0.25, 0.3) is 0 Å². The Balaban J connectivity index is 2.32. The van der Waals surface area contributed by atoms with E-state index in [1.54, 1.807) is 13.8 Å². The maximum Gasteiger partial charge on any atom is 0.309 e. The van der Waals surface area contributed by atoms with Gasteiger partial charge in [0.2, 0.25) is 0 Å².